The van der Waals surface area contributed by atoms with E-state index in [4.69, 9.17) is 0 Å². The molecule has 2 amide bonds. The van der Waals surface area contributed by atoms with Gasteiger partial charge in [-0.2, -0.15) is 0 Å². The molecular weight excluding hydrogens is 476 g/mol. The van der Waals surface area contributed by atoms with Crippen LogP contribution in [0.15, 0.2) is 109 Å². The zero-order valence-corrected chi connectivity index (χ0v) is 20.8. The van der Waals surface area contributed by atoms with Gasteiger partial charge in [0, 0.05) is 25.8 Å². The third kappa shape index (κ3) is 6.74. The maximum atomic E-state index is 12.5. The molecule has 0 fully saturated rings. The van der Waals surface area contributed by atoms with Gasteiger partial charge in [0.1, 0.15) is 11.6 Å². The minimum Gasteiger partial charge on any atom is -0.310 e. The molecule has 8 nitrogen and oxygen atoms in total. The second-order valence-corrected chi connectivity index (χ2v) is 9.06. The molecule has 0 aliphatic heterocycles. The second-order valence-electron chi connectivity index (χ2n) is 9.06. The summed E-state index contributed by atoms with van der Waals surface area (Å²) in [5.74, 6) is 0.239. The fourth-order valence-electron chi connectivity index (χ4n) is 4.25. The minimum absolute atomic E-state index is 0.114. The predicted octanol–water partition coefficient (Wildman–Crippen LogP) is 4.44. The molecule has 190 valence electrons. The first-order valence-electron chi connectivity index (χ1n) is 12.5. The number of carbonyl (C=O) groups excluding carboxylic acids is 2. The van der Waals surface area contributed by atoms with Crippen LogP contribution in [0.4, 0.5) is 11.6 Å². The SMILES string of the molecule is O=C(Nc1cccc(CN(Cc2ccccn2)Cc2cccc(NC(=O)C3C=CC=C3)n2)n1)C1C=CC=C1. The van der Waals surface area contributed by atoms with Gasteiger partial charge in [0.2, 0.25) is 11.8 Å². The van der Waals surface area contributed by atoms with Gasteiger partial charge in [-0.1, -0.05) is 66.8 Å². The van der Waals surface area contributed by atoms with E-state index in [1.54, 1.807) is 18.3 Å². The number of amides is 2. The highest BCUT2D eigenvalue weighted by Gasteiger charge is 2.17. The Balaban J connectivity index is 1.30. The zero-order valence-electron chi connectivity index (χ0n) is 20.8. The molecule has 0 saturated heterocycles. The fourth-order valence-corrected chi connectivity index (χ4v) is 4.25. The summed E-state index contributed by atoms with van der Waals surface area (Å²) in [6, 6.07) is 17.0. The highest BCUT2D eigenvalue weighted by Crippen LogP contribution is 2.17. The summed E-state index contributed by atoms with van der Waals surface area (Å²) in [5.41, 5.74) is 2.53. The third-order valence-electron chi connectivity index (χ3n) is 6.10. The van der Waals surface area contributed by atoms with Crippen molar-refractivity contribution in [2.45, 2.75) is 19.6 Å². The molecule has 0 aromatic carbocycles. The van der Waals surface area contributed by atoms with E-state index in [0.29, 0.717) is 31.3 Å². The molecule has 38 heavy (non-hydrogen) atoms. The van der Waals surface area contributed by atoms with Gasteiger partial charge in [-0.15, -0.1) is 0 Å². The van der Waals surface area contributed by atoms with Gasteiger partial charge in [0.25, 0.3) is 0 Å². The van der Waals surface area contributed by atoms with Crippen LogP contribution in [0.25, 0.3) is 0 Å². The van der Waals surface area contributed by atoms with E-state index in [1.807, 2.05) is 91.1 Å². The quantitative estimate of drug-likeness (QED) is 0.424. The molecular formula is C30H28N6O2. The number of hydrogen-bond donors (Lipinski definition) is 2. The number of nitrogens with zero attached hydrogens (tertiary/aromatic N) is 4. The first-order chi connectivity index (χ1) is 18.6. The smallest absolute Gasteiger partial charge is 0.236 e. The van der Waals surface area contributed by atoms with Gasteiger partial charge in [0.15, 0.2) is 0 Å². The Kier molecular flexibility index (Phi) is 7.91. The average molecular weight is 505 g/mol. The number of hydrogen-bond acceptors (Lipinski definition) is 6. The molecule has 0 saturated carbocycles. The van der Waals surface area contributed by atoms with Crippen LogP contribution in [0.3, 0.4) is 0 Å². The molecule has 3 aromatic heterocycles. The number of nitrogens with one attached hydrogen (secondary N) is 2. The van der Waals surface area contributed by atoms with Crippen molar-refractivity contribution < 1.29 is 9.59 Å². The summed E-state index contributed by atoms with van der Waals surface area (Å²) in [4.78, 5) is 41.0. The maximum Gasteiger partial charge on any atom is 0.236 e. The molecule has 0 bridgehead atoms. The summed E-state index contributed by atoms with van der Waals surface area (Å²) in [6.07, 6.45) is 16.6. The van der Waals surface area contributed by atoms with Crippen molar-refractivity contribution in [2.24, 2.45) is 11.8 Å². The van der Waals surface area contributed by atoms with Gasteiger partial charge < -0.3 is 10.6 Å². The largest absolute Gasteiger partial charge is 0.310 e. The van der Waals surface area contributed by atoms with E-state index in [1.165, 1.54) is 0 Å². The van der Waals surface area contributed by atoms with Crippen LogP contribution in [0, 0.1) is 11.8 Å². The molecule has 0 radical (unpaired) electrons. The monoisotopic (exact) mass is 504 g/mol. The first kappa shape index (κ1) is 25.0. The van der Waals surface area contributed by atoms with Crippen LogP contribution >= 0.6 is 0 Å². The molecule has 0 unspecified atom stereocenters. The fraction of sp³-hybridized carbons (Fsp3) is 0.167. The van der Waals surface area contributed by atoms with Crippen LogP contribution in [-0.4, -0.2) is 31.7 Å². The Morgan fingerprint density at radius 2 is 1.11 bits per heavy atom. The van der Waals surface area contributed by atoms with Crippen molar-refractivity contribution in [2.75, 3.05) is 10.6 Å². The Hall–Kier alpha value is -4.69. The summed E-state index contributed by atoms with van der Waals surface area (Å²) in [5, 5.41) is 5.80. The van der Waals surface area contributed by atoms with E-state index >= 15 is 0 Å². The van der Waals surface area contributed by atoms with Crippen molar-refractivity contribution in [1.82, 2.24) is 19.9 Å². The average Bonchev–Trinajstić information content (AvgIpc) is 3.65. The predicted molar refractivity (Wildman–Crippen MR) is 146 cm³/mol. The van der Waals surface area contributed by atoms with Crippen LogP contribution < -0.4 is 10.6 Å². The third-order valence-corrected chi connectivity index (χ3v) is 6.10. The Bertz CT molecular complexity index is 1300. The molecule has 0 atom stereocenters. The zero-order chi connectivity index (χ0) is 26.2. The van der Waals surface area contributed by atoms with E-state index in [0.717, 1.165) is 17.1 Å². The van der Waals surface area contributed by atoms with Crippen molar-refractivity contribution in [3.63, 3.8) is 0 Å². The number of carbonyl (C=O) groups is 2. The Morgan fingerprint density at radius 1 is 0.632 bits per heavy atom. The number of aromatic nitrogens is 3. The molecule has 2 aliphatic carbocycles. The number of pyridine rings is 3. The first-order valence-corrected chi connectivity index (χ1v) is 12.5. The topological polar surface area (TPSA) is 100 Å². The molecule has 8 heteroatoms. The van der Waals surface area contributed by atoms with E-state index in [9.17, 15) is 9.59 Å². The molecule has 3 heterocycles. The van der Waals surface area contributed by atoms with Gasteiger partial charge >= 0.3 is 0 Å². The second kappa shape index (κ2) is 12.0. The van der Waals surface area contributed by atoms with E-state index < -0.39 is 0 Å². The summed E-state index contributed by atoms with van der Waals surface area (Å²) >= 11 is 0. The van der Waals surface area contributed by atoms with Gasteiger partial charge in [-0.25, -0.2) is 9.97 Å². The van der Waals surface area contributed by atoms with Crippen molar-refractivity contribution in [3.05, 3.63) is 126 Å². The normalized spacial score (nSPS) is 14.4. The minimum atomic E-state index is -0.277. The number of anilines is 2. The molecule has 3 aromatic rings. The summed E-state index contributed by atoms with van der Waals surface area (Å²) in [6.45, 7) is 1.60. The van der Waals surface area contributed by atoms with Crippen molar-refractivity contribution in [3.8, 4) is 0 Å². The van der Waals surface area contributed by atoms with Crippen LogP contribution in [0.1, 0.15) is 17.1 Å². The standard InChI is InChI=1S/C30H28N6O2/c37-29(22-9-1-2-10-22)34-27-16-7-14-25(32-27)20-36(19-24-13-5-6-18-31-24)21-26-15-8-17-28(33-26)35-30(38)23-11-3-4-12-23/h1-18,22-23H,19-21H2,(H,32,34,37)(H,33,35,38). The van der Waals surface area contributed by atoms with Crippen LogP contribution in [0.5, 0.6) is 0 Å². The lowest BCUT2D eigenvalue weighted by Gasteiger charge is -2.22. The maximum absolute atomic E-state index is 12.5. The van der Waals surface area contributed by atoms with Crippen LogP contribution in [-0.2, 0) is 29.2 Å². The van der Waals surface area contributed by atoms with Gasteiger partial charge in [-0.05, 0) is 36.4 Å². The van der Waals surface area contributed by atoms with Crippen LogP contribution in [0.2, 0.25) is 0 Å². The van der Waals surface area contributed by atoms with E-state index in [2.05, 4.69) is 30.5 Å². The lowest BCUT2D eigenvalue weighted by Crippen LogP contribution is -2.25. The Labute approximate surface area is 221 Å². The van der Waals surface area contributed by atoms with Gasteiger partial charge in [0.05, 0.1) is 28.9 Å². The molecule has 5 rings (SSSR count). The highest BCUT2D eigenvalue weighted by atomic mass is 16.2. The lowest BCUT2D eigenvalue weighted by molar-refractivity contribution is -0.118. The molecule has 2 N–H and O–H groups in total. The number of rotatable bonds is 10. The van der Waals surface area contributed by atoms with Crippen molar-refractivity contribution in [1.29, 1.82) is 0 Å². The van der Waals surface area contributed by atoms with Gasteiger partial charge in [-0.3, -0.25) is 19.5 Å². The highest BCUT2D eigenvalue weighted by molar-refractivity contribution is 5.95. The molecule has 2 aliphatic rings. The Morgan fingerprint density at radius 3 is 1.58 bits per heavy atom. The van der Waals surface area contributed by atoms with E-state index in [-0.39, 0.29) is 23.7 Å². The van der Waals surface area contributed by atoms with Crippen molar-refractivity contribution >= 4 is 23.5 Å². The lowest BCUT2D eigenvalue weighted by atomic mass is 10.1. The summed E-state index contributed by atoms with van der Waals surface area (Å²) in [7, 11) is 0. The number of allylic oxidation sites excluding steroid dienone is 4. The summed E-state index contributed by atoms with van der Waals surface area (Å²) < 4.78 is 0. The molecule has 0 spiro atoms.